The third-order valence-corrected chi connectivity index (χ3v) is 4.84. The Balaban J connectivity index is 2.71. The second kappa shape index (κ2) is 5.08. The summed E-state index contributed by atoms with van der Waals surface area (Å²) in [4.78, 5) is 0. The van der Waals surface area contributed by atoms with Gasteiger partial charge in [-0.1, -0.05) is 41.5 Å². The van der Waals surface area contributed by atoms with Crippen molar-refractivity contribution in [3.05, 3.63) is 0 Å². The first kappa shape index (κ1) is 14.0. The van der Waals surface area contributed by atoms with E-state index in [1.54, 1.807) is 0 Å². The van der Waals surface area contributed by atoms with Gasteiger partial charge in [0.25, 0.3) is 0 Å². The van der Waals surface area contributed by atoms with Gasteiger partial charge in [-0.05, 0) is 49.0 Å². The van der Waals surface area contributed by atoms with Crippen LogP contribution in [0.4, 0.5) is 0 Å². The Labute approximate surface area is 102 Å². The molecule has 1 heteroatoms. The van der Waals surface area contributed by atoms with Gasteiger partial charge >= 0.3 is 0 Å². The molecule has 2 unspecified atom stereocenters. The fraction of sp³-hybridized carbons (Fsp3) is 1.00. The van der Waals surface area contributed by atoms with Gasteiger partial charge in [0, 0.05) is 6.04 Å². The topological polar surface area (TPSA) is 12.0 Å². The molecule has 1 rings (SSSR count). The van der Waals surface area contributed by atoms with Crippen molar-refractivity contribution in [3.63, 3.8) is 0 Å². The maximum absolute atomic E-state index is 3.52. The zero-order chi connectivity index (χ0) is 12.5. The van der Waals surface area contributed by atoms with E-state index in [2.05, 4.69) is 53.9 Å². The van der Waals surface area contributed by atoms with Gasteiger partial charge in [-0.15, -0.1) is 0 Å². The van der Waals surface area contributed by atoms with E-state index in [1.807, 2.05) is 0 Å². The van der Waals surface area contributed by atoms with E-state index in [-0.39, 0.29) is 0 Å². The van der Waals surface area contributed by atoms with E-state index in [0.29, 0.717) is 5.41 Å². The second-order valence-electron chi connectivity index (χ2n) is 7.23. The quantitative estimate of drug-likeness (QED) is 0.750. The Hall–Kier alpha value is -0.0400. The summed E-state index contributed by atoms with van der Waals surface area (Å²) in [7, 11) is 2.12. The standard InChI is InChI=1S/C15H31N/c1-10-11(2)13(9-15(4,5)6)8-14(16-7)12(10)3/h10-14,16H,8-9H2,1-7H3/t10-,11-,12?,13?,14-/m0/s1. The van der Waals surface area contributed by atoms with Crippen LogP contribution >= 0.6 is 0 Å². The van der Waals surface area contributed by atoms with Crippen LogP contribution in [0.15, 0.2) is 0 Å². The molecule has 0 radical (unpaired) electrons. The molecular weight excluding hydrogens is 194 g/mol. The second-order valence-corrected chi connectivity index (χ2v) is 7.23. The first-order valence-electron chi connectivity index (χ1n) is 6.93. The van der Waals surface area contributed by atoms with Gasteiger partial charge < -0.3 is 5.32 Å². The van der Waals surface area contributed by atoms with Crippen molar-refractivity contribution in [1.29, 1.82) is 0 Å². The zero-order valence-corrected chi connectivity index (χ0v) is 12.3. The van der Waals surface area contributed by atoms with Crippen molar-refractivity contribution in [2.24, 2.45) is 29.1 Å². The smallest absolute Gasteiger partial charge is 0.00950 e. The zero-order valence-electron chi connectivity index (χ0n) is 12.3. The van der Waals surface area contributed by atoms with Crippen molar-refractivity contribution < 1.29 is 0 Å². The largest absolute Gasteiger partial charge is 0.317 e. The van der Waals surface area contributed by atoms with Gasteiger partial charge in [-0.25, -0.2) is 0 Å². The van der Waals surface area contributed by atoms with Gasteiger partial charge in [0.1, 0.15) is 0 Å². The lowest BCUT2D eigenvalue weighted by molar-refractivity contribution is 0.0655. The maximum Gasteiger partial charge on any atom is 0.00950 e. The van der Waals surface area contributed by atoms with Gasteiger partial charge in [-0.3, -0.25) is 0 Å². The molecule has 0 saturated heterocycles. The third kappa shape index (κ3) is 3.23. The van der Waals surface area contributed by atoms with Crippen LogP contribution in [0.5, 0.6) is 0 Å². The third-order valence-electron chi connectivity index (χ3n) is 4.84. The number of nitrogens with one attached hydrogen (secondary N) is 1. The van der Waals surface area contributed by atoms with Crippen LogP contribution in [-0.2, 0) is 0 Å². The molecule has 1 aliphatic rings. The minimum atomic E-state index is 0.470. The predicted molar refractivity (Wildman–Crippen MR) is 72.5 cm³/mol. The Morgan fingerprint density at radius 3 is 2.00 bits per heavy atom. The van der Waals surface area contributed by atoms with Crippen molar-refractivity contribution in [2.45, 2.75) is 60.4 Å². The summed E-state index contributed by atoms with van der Waals surface area (Å²) >= 11 is 0. The fourth-order valence-electron chi connectivity index (χ4n) is 3.47. The molecule has 0 aromatic heterocycles. The number of rotatable bonds is 2. The minimum absolute atomic E-state index is 0.470. The Kier molecular flexibility index (Phi) is 4.45. The van der Waals surface area contributed by atoms with E-state index < -0.39 is 0 Å². The molecule has 1 saturated carbocycles. The molecule has 1 fully saturated rings. The van der Waals surface area contributed by atoms with Crippen molar-refractivity contribution in [2.75, 3.05) is 7.05 Å². The van der Waals surface area contributed by atoms with E-state index in [4.69, 9.17) is 0 Å². The van der Waals surface area contributed by atoms with Crippen molar-refractivity contribution in [3.8, 4) is 0 Å². The van der Waals surface area contributed by atoms with Crippen LogP contribution in [0.25, 0.3) is 0 Å². The Bertz CT molecular complexity index is 214. The Morgan fingerprint density at radius 1 is 1.00 bits per heavy atom. The normalized spacial score (nSPS) is 41.1. The average Bonchev–Trinajstić information content (AvgIpc) is 2.17. The minimum Gasteiger partial charge on any atom is -0.317 e. The highest BCUT2D eigenvalue weighted by Gasteiger charge is 2.38. The monoisotopic (exact) mass is 225 g/mol. The highest BCUT2D eigenvalue weighted by atomic mass is 14.9. The first-order valence-corrected chi connectivity index (χ1v) is 6.93. The summed E-state index contributed by atoms with van der Waals surface area (Å²) in [5.41, 5.74) is 0.470. The summed E-state index contributed by atoms with van der Waals surface area (Å²) < 4.78 is 0. The fourth-order valence-corrected chi connectivity index (χ4v) is 3.47. The molecule has 0 bridgehead atoms. The number of hydrogen-bond acceptors (Lipinski definition) is 1. The molecule has 96 valence electrons. The van der Waals surface area contributed by atoms with Gasteiger partial charge in [0.15, 0.2) is 0 Å². The molecule has 0 spiro atoms. The van der Waals surface area contributed by atoms with Gasteiger partial charge in [0.2, 0.25) is 0 Å². The molecule has 5 atom stereocenters. The molecule has 0 aromatic carbocycles. The summed E-state index contributed by atoms with van der Waals surface area (Å²) in [5.74, 6) is 3.43. The average molecular weight is 225 g/mol. The van der Waals surface area contributed by atoms with E-state index >= 15 is 0 Å². The van der Waals surface area contributed by atoms with Gasteiger partial charge in [-0.2, -0.15) is 0 Å². The lowest BCUT2D eigenvalue weighted by Gasteiger charge is -2.45. The van der Waals surface area contributed by atoms with Crippen LogP contribution < -0.4 is 5.32 Å². The molecule has 0 aromatic rings. The lowest BCUT2D eigenvalue weighted by Crippen LogP contribution is -2.46. The molecular formula is C15H31N. The summed E-state index contributed by atoms with van der Waals surface area (Å²) in [6, 6.07) is 0.721. The molecule has 1 aliphatic carbocycles. The van der Waals surface area contributed by atoms with Crippen molar-refractivity contribution in [1.82, 2.24) is 5.32 Å². The molecule has 0 aliphatic heterocycles. The van der Waals surface area contributed by atoms with Gasteiger partial charge in [0.05, 0.1) is 0 Å². The number of hydrogen-bond donors (Lipinski definition) is 1. The van der Waals surface area contributed by atoms with E-state index in [0.717, 1.165) is 29.7 Å². The Morgan fingerprint density at radius 2 is 1.56 bits per heavy atom. The SMILES string of the molecule is CN[C@H]1CC(CC(C)(C)C)[C@@H](C)[C@H](C)C1C. The molecule has 16 heavy (non-hydrogen) atoms. The van der Waals surface area contributed by atoms with Crippen LogP contribution in [0.3, 0.4) is 0 Å². The highest BCUT2D eigenvalue weighted by molar-refractivity contribution is 4.91. The molecule has 0 heterocycles. The summed E-state index contributed by atoms with van der Waals surface area (Å²) in [6.07, 6.45) is 2.73. The highest BCUT2D eigenvalue weighted by Crippen LogP contribution is 2.43. The lowest BCUT2D eigenvalue weighted by atomic mass is 9.63. The van der Waals surface area contributed by atoms with Crippen LogP contribution in [0, 0.1) is 29.1 Å². The predicted octanol–water partition coefficient (Wildman–Crippen LogP) is 3.94. The maximum atomic E-state index is 3.52. The summed E-state index contributed by atoms with van der Waals surface area (Å²) in [5, 5.41) is 3.52. The van der Waals surface area contributed by atoms with E-state index in [1.165, 1.54) is 12.8 Å². The van der Waals surface area contributed by atoms with E-state index in [9.17, 15) is 0 Å². The molecule has 1 nitrogen and oxygen atoms in total. The summed E-state index contributed by atoms with van der Waals surface area (Å²) in [6.45, 7) is 14.4. The van der Waals surface area contributed by atoms with Crippen LogP contribution in [0.1, 0.15) is 54.4 Å². The molecule has 1 N–H and O–H groups in total. The van der Waals surface area contributed by atoms with Crippen LogP contribution in [0.2, 0.25) is 0 Å². The first-order chi connectivity index (χ1) is 7.26. The molecule has 0 amide bonds. The van der Waals surface area contributed by atoms with Crippen molar-refractivity contribution >= 4 is 0 Å². The van der Waals surface area contributed by atoms with Crippen LogP contribution in [-0.4, -0.2) is 13.1 Å².